The molecule has 5 heteroatoms. The lowest BCUT2D eigenvalue weighted by molar-refractivity contribution is -0.123. The average molecular weight is 268 g/mol. The van der Waals surface area contributed by atoms with E-state index in [0.717, 1.165) is 42.8 Å². The summed E-state index contributed by atoms with van der Waals surface area (Å²) in [5, 5.41) is 3.04. The fraction of sp³-hybridized carbons (Fsp3) is 0.615. The molecule has 1 aromatic rings. The van der Waals surface area contributed by atoms with E-state index in [-0.39, 0.29) is 11.9 Å². The van der Waals surface area contributed by atoms with Crippen molar-refractivity contribution in [3.05, 3.63) is 23.7 Å². The van der Waals surface area contributed by atoms with Gasteiger partial charge in [0.05, 0.1) is 18.3 Å². The van der Waals surface area contributed by atoms with Gasteiger partial charge in [-0.1, -0.05) is 0 Å². The summed E-state index contributed by atoms with van der Waals surface area (Å²) in [5.41, 5.74) is 6.98. The summed E-state index contributed by atoms with van der Waals surface area (Å²) >= 11 is 1.71. The highest BCUT2D eigenvalue weighted by atomic mass is 32.2. The lowest BCUT2D eigenvalue weighted by Crippen LogP contribution is -2.43. The second-order valence-corrected chi connectivity index (χ2v) is 5.63. The molecule has 2 rings (SSSR count). The molecule has 1 aliphatic rings. The van der Waals surface area contributed by atoms with Crippen molar-refractivity contribution in [3.8, 4) is 0 Å². The van der Waals surface area contributed by atoms with Crippen LogP contribution in [0, 0.1) is 0 Å². The van der Waals surface area contributed by atoms with Crippen LogP contribution >= 0.6 is 11.8 Å². The van der Waals surface area contributed by atoms with Gasteiger partial charge in [0.1, 0.15) is 5.76 Å². The zero-order valence-corrected chi connectivity index (χ0v) is 11.5. The third-order valence-corrected chi connectivity index (χ3v) is 3.98. The highest BCUT2D eigenvalue weighted by Crippen LogP contribution is 2.30. The number of aryl methyl sites for hydroxylation is 1. The van der Waals surface area contributed by atoms with Crippen LogP contribution in [0.15, 0.2) is 16.7 Å². The molecule has 0 bridgehead atoms. The van der Waals surface area contributed by atoms with Gasteiger partial charge in [0.2, 0.25) is 5.91 Å². The van der Waals surface area contributed by atoms with Gasteiger partial charge in [-0.15, -0.1) is 0 Å². The maximum Gasteiger partial charge on any atom is 0.237 e. The zero-order valence-electron chi connectivity index (χ0n) is 10.6. The molecule has 18 heavy (non-hydrogen) atoms. The highest BCUT2D eigenvalue weighted by Gasteiger charge is 2.25. The van der Waals surface area contributed by atoms with Crippen LogP contribution in [0.25, 0.3) is 0 Å². The van der Waals surface area contributed by atoms with E-state index in [4.69, 9.17) is 10.2 Å². The molecule has 1 aliphatic carbocycles. The number of carbonyl (C=O) groups is 1. The van der Waals surface area contributed by atoms with Crippen molar-refractivity contribution in [2.24, 2.45) is 5.73 Å². The molecule has 3 N–H and O–H groups in total. The summed E-state index contributed by atoms with van der Waals surface area (Å²) in [6, 6.07) is 1.61. The number of carbonyl (C=O) groups excluding carboxylic acids is 1. The van der Waals surface area contributed by atoms with Crippen LogP contribution in [0.5, 0.6) is 0 Å². The molecule has 0 aliphatic heterocycles. The Hall–Kier alpha value is -0.940. The van der Waals surface area contributed by atoms with E-state index in [1.54, 1.807) is 18.0 Å². The van der Waals surface area contributed by atoms with Crippen molar-refractivity contribution >= 4 is 17.7 Å². The Balaban J connectivity index is 1.93. The second kappa shape index (κ2) is 6.29. The number of nitrogens with two attached hydrogens (primary N) is 1. The number of rotatable bonds is 5. The van der Waals surface area contributed by atoms with Crippen LogP contribution in [0.3, 0.4) is 0 Å². The monoisotopic (exact) mass is 268 g/mol. The van der Waals surface area contributed by atoms with Gasteiger partial charge in [-0.3, -0.25) is 4.79 Å². The third kappa shape index (κ3) is 3.09. The fourth-order valence-electron chi connectivity index (χ4n) is 2.29. The van der Waals surface area contributed by atoms with Crippen molar-refractivity contribution in [2.45, 2.75) is 37.8 Å². The minimum Gasteiger partial charge on any atom is -0.469 e. The highest BCUT2D eigenvalue weighted by molar-refractivity contribution is 7.98. The molecule has 0 saturated carbocycles. The van der Waals surface area contributed by atoms with Crippen molar-refractivity contribution in [3.63, 3.8) is 0 Å². The minimum absolute atomic E-state index is 0.0527. The van der Waals surface area contributed by atoms with Crippen LogP contribution in [0.1, 0.15) is 36.6 Å². The number of hydrogen-bond donors (Lipinski definition) is 2. The smallest absolute Gasteiger partial charge is 0.237 e. The van der Waals surface area contributed by atoms with E-state index >= 15 is 0 Å². The standard InChI is InChI=1S/C13H20N2O2S/c1-18-8-6-10(14)13(16)15-11-3-2-4-12-9(11)5-7-17-12/h5,7,10-11H,2-4,6,8,14H2,1H3,(H,15,16)/t10-,11?/m1/s1. The number of hydrogen-bond acceptors (Lipinski definition) is 4. The first-order chi connectivity index (χ1) is 8.72. The maximum atomic E-state index is 12.0. The Morgan fingerprint density at radius 1 is 1.72 bits per heavy atom. The van der Waals surface area contributed by atoms with Gasteiger partial charge < -0.3 is 15.5 Å². The number of thioether (sulfide) groups is 1. The first-order valence-electron chi connectivity index (χ1n) is 6.33. The van der Waals surface area contributed by atoms with Crippen LogP contribution < -0.4 is 11.1 Å². The van der Waals surface area contributed by atoms with Crippen LogP contribution in [-0.2, 0) is 11.2 Å². The van der Waals surface area contributed by atoms with Crippen molar-refractivity contribution < 1.29 is 9.21 Å². The fourth-order valence-corrected chi connectivity index (χ4v) is 2.78. The van der Waals surface area contributed by atoms with E-state index in [0.29, 0.717) is 0 Å². The van der Waals surface area contributed by atoms with Gasteiger partial charge >= 0.3 is 0 Å². The summed E-state index contributed by atoms with van der Waals surface area (Å²) < 4.78 is 5.41. The van der Waals surface area contributed by atoms with Crippen LogP contribution in [-0.4, -0.2) is 24.0 Å². The number of furan rings is 1. The largest absolute Gasteiger partial charge is 0.469 e. The minimum atomic E-state index is -0.408. The Labute approximate surface area is 112 Å². The lowest BCUT2D eigenvalue weighted by atomic mass is 9.93. The van der Waals surface area contributed by atoms with E-state index in [9.17, 15) is 4.79 Å². The molecular formula is C13H20N2O2S. The zero-order chi connectivity index (χ0) is 13.0. The van der Waals surface area contributed by atoms with Gasteiger partial charge in [0, 0.05) is 12.0 Å². The topological polar surface area (TPSA) is 68.3 Å². The van der Waals surface area contributed by atoms with Gasteiger partial charge in [-0.25, -0.2) is 0 Å². The molecule has 0 aromatic carbocycles. The Morgan fingerprint density at radius 3 is 3.33 bits per heavy atom. The number of nitrogens with one attached hydrogen (secondary N) is 1. The van der Waals surface area contributed by atoms with Crippen LogP contribution in [0.4, 0.5) is 0 Å². The van der Waals surface area contributed by atoms with Crippen LogP contribution in [0.2, 0.25) is 0 Å². The van der Waals surface area contributed by atoms with Gasteiger partial charge in [-0.05, 0) is 37.3 Å². The van der Waals surface area contributed by atoms with Crippen molar-refractivity contribution in [1.82, 2.24) is 5.32 Å². The van der Waals surface area contributed by atoms with Gasteiger partial charge in [0.15, 0.2) is 0 Å². The molecule has 1 unspecified atom stereocenters. The van der Waals surface area contributed by atoms with Crippen molar-refractivity contribution in [1.29, 1.82) is 0 Å². The molecule has 0 spiro atoms. The maximum absolute atomic E-state index is 12.0. The SMILES string of the molecule is CSCC[C@@H](N)C(=O)NC1CCCc2occc21. The lowest BCUT2D eigenvalue weighted by Gasteiger charge is -2.24. The van der Waals surface area contributed by atoms with Gasteiger partial charge in [-0.2, -0.15) is 11.8 Å². The summed E-state index contributed by atoms with van der Waals surface area (Å²) in [6.45, 7) is 0. The molecule has 0 radical (unpaired) electrons. The predicted octanol–water partition coefficient (Wildman–Crippen LogP) is 1.85. The van der Waals surface area contributed by atoms with E-state index in [1.165, 1.54) is 0 Å². The molecule has 100 valence electrons. The van der Waals surface area contributed by atoms with E-state index in [2.05, 4.69) is 5.32 Å². The molecule has 1 aromatic heterocycles. The molecule has 2 atom stereocenters. The summed E-state index contributed by atoms with van der Waals surface area (Å²) in [6.07, 6.45) is 7.41. The molecule has 1 heterocycles. The molecule has 4 nitrogen and oxygen atoms in total. The number of amides is 1. The number of fused-ring (bicyclic) bond motifs is 1. The van der Waals surface area contributed by atoms with E-state index < -0.39 is 6.04 Å². The first kappa shape index (κ1) is 13.5. The quantitative estimate of drug-likeness (QED) is 0.855. The third-order valence-electron chi connectivity index (χ3n) is 3.34. The molecule has 0 saturated heterocycles. The second-order valence-electron chi connectivity index (χ2n) is 4.64. The summed E-state index contributed by atoms with van der Waals surface area (Å²) in [4.78, 5) is 12.0. The molecular weight excluding hydrogens is 248 g/mol. The Kier molecular flexibility index (Phi) is 4.72. The first-order valence-corrected chi connectivity index (χ1v) is 7.73. The summed E-state index contributed by atoms with van der Waals surface area (Å²) in [7, 11) is 0. The van der Waals surface area contributed by atoms with Crippen molar-refractivity contribution in [2.75, 3.05) is 12.0 Å². The van der Waals surface area contributed by atoms with Gasteiger partial charge in [0.25, 0.3) is 0 Å². The normalized spacial score (nSPS) is 20.2. The Morgan fingerprint density at radius 2 is 2.56 bits per heavy atom. The molecule has 0 fully saturated rings. The average Bonchev–Trinajstić information content (AvgIpc) is 2.85. The molecule has 1 amide bonds. The summed E-state index contributed by atoms with van der Waals surface area (Å²) in [5.74, 6) is 1.86. The Bertz CT molecular complexity index is 405. The van der Waals surface area contributed by atoms with E-state index in [1.807, 2.05) is 12.3 Å². The predicted molar refractivity (Wildman–Crippen MR) is 73.5 cm³/mol.